The van der Waals surface area contributed by atoms with Crippen molar-refractivity contribution >= 4 is 56.9 Å². The van der Waals surface area contributed by atoms with E-state index in [2.05, 4.69) is 26.6 Å². The summed E-state index contributed by atoms with van der Waals surface area (Å²) < 4.78 is 14.4. The molecule has 0 saturated heterocycles. The Morgan fingerprint density at radius 3 is 2.26 bits per heavy atom. The molecule has 0 unspecified atom stereocenters. The van der Waals surface area contributed by atoms with E-state index < -0.39 is 17.7 Å². The molecular weight excluding hydrogens is 487 g/mol. The van der Waals surface area contributed by atoms with Gasteiger partial charge in [0.15, 0.2) is 0 Å². The second-order valence-corrected chi connectivity index (χ2v) is 8.25. The lowest BCUT2D eigenvalue weighted by molar-refractivity contribution is -0.113. The number of amides is 2. The van der Waals surface area contributed by atoms with Gasteiger partial charge in [0.1, 0.15) is 5.82 Å². The smallest absolute Gasteiger partial charge is 0.336 e. The summed E-state index contributed by atoms with van der Waals surface area (Å²) in [5.41, 5.74) is 0.565. The van der Waals surface area contributed by atoms with Gasteiger partial charge in [-0.15, -0.1) is 11.8 Å². The minimum Gasteiger partial charge on any atom is -0.478 e. The molecule has 3 N–H and O–H groups in total. The van der Waals surface area contributed by atoms with Gasteiger partial charge >= 0.3 is 5.97 Å². The molecule has 2 amide bonds. The van der Waals surface area contributed by atoms with Crippen molar-refractivity contribution in [3.8, 4) is 0 Å². The van der Waals surface area contributed by atoms with Gasteiger partial charge in [-0.05, 0) is 54.6 Å². The fourth-order valence-corrected chi connectivity index (χ4v) is 3.66. The number of nitrogens with one attached hydrogen (secondary N) is 2. The van der Waals surface area contributed by atoms with Crippen LogP contribution in [0.1, 0.15) is 20.7 Å². The summed E-state index contributed by atoms with van der Waals surface area (Å²) >= 11 is 4.41. The lowest BCUT2D eigenvalue weighted by Gasteiger charge is -2.09. The molecule has 0 fully saturated rings. The summed E-state index contributed by atoms with van der Waals surface area (Å²) in [6.07, 6.45) is 0. The maximum absolute atomic E-state index is 13.8. The van der Waals surface area contributed by atoms with Crippen molar-refractivity contribution in [3.05, 3.63) is 88.1 Å². The first-order valence-electron chi connectivity index (χ1n) is 8.95. The Bertz CT molecular complexity index is 1140. The van der Waals surface area contributed by atoms with Crippen LogP contribution < -0.4 is 10.6 Å². The number of hydrogen-bond donors (Lipinski definition) is 3. The lowest BCUT2D eigenvalue weighted by Crippen LogP contribution is -2.16. The molecule has 6 nitrogen and oxygen atoms in total. The fourth-order valence-electron chi connectivity index (χ4n) is 2.63. The summed E-state index contributed by atoms with van der Waals surface area (Å²) in [7, 11) is 0. The molecule has 0 saturated carbocycles. The largest absolute Gasteiger partial charge is 0.478 e. The summed E-state index contributed by atoms with van der Waals surface area (Å²) in [5, 5.41) is 14.4. The Morgan fingerprint density at radius 2 is 1.61 bits per heavy atom. The van der Waals surface area contributed by atoms with Crippen LogP contribution in [-0.4, -0.2) is 28.6 Å². The Labute approximate surface area is 190 Å². The summed E-state index contributed by atoms with van der Waals surface area (Å²) in [4.78, 5) is 36.5. The van der Waals surface area contributed by atoms with Crippen LogP contribution in [0.25, 0.3) is 0 Å². The van der Waals surface area contributed by atoms with E-state index in [0.717, 1.165) is 4.90 Å². The third kappa shape index (κ3) is 6.16. The molecule has 0 bridgehead atoms. The van der Waals surface area contributed by atoms with Gasteiger partial charge in [-0.2, -0.15) is 0 Å². The fraction of sp³-hybridized carbons (Fsp3) is 0.0455. The number of carbonyl (C=O) groups excluding carboxylic acids is 2. The maximum atomic E-state index is 13.8. The van der Waals surface area contributed by atoms with Gasteiger partial charge < -0.3 is 15.7 Å². The maximum Gasteiger partial charge on any atom is 0.336 e. The summed E-state index contributed by atoms with van der Waals surface area (Å²) in [5.74, 6) is -2.52. The Balaban J connectivity index is 1.56. The van der Waals surface area contributed by atoms with Crippen LogP contribution in [0.5, 0.6) is 0 Å². The second-order valence-electron chi connectivity index (χ2n) is 6.29. The quantitative estimate of drug-likeness (QED) is 0.382. The van der Waals surface area contributed by atoms with Crippen LogP contribution in [0.15, 0.2) is 76.1 Å². The lowest BCUT2D eigenvalue weighted by atomic mass is 10.1. The number of anilines is 2. The predicted molar refractivity (Wildman–Crippen MR) is 121 cm³/mol. The number of hydrogen-bond acceptors (Lipinski definition) is 4. The third-order valence-electron chi connectivity index (χ3n) is 4.09. The topological polar surface area (TPSA) is 95.5 Å². The molecule has 0 atom stereocenters. The number of halogens is 2. The molecule has 0 aliphatic carbocycles. The first-order valence-corrected chi connectivity index (χ1v) is 10.7. The van der Waals surface area contributed by atoms with Gasteiger partial charge in [0, 0.05) is 15.1 Å². The van der Waals surface area contributed by atoms with Crippen molar-refractivity contribution in [2.45, 2.75) is 4.90 Å². The zero-order chi connectivity index (χ0) is 22.4. The van der Waals surface area contributed by atoms with Gasteiger partial charge in [0.25, 0.3) is 5.91 Å². The minimum atomic E-state index is -1.18. The Morgan fingerprint density at radius 1 is 0.935 bits per heavy atom. The number of carbonyl (C=O) groups is 3. The third-order valence-corrected chi connectivity index (χ3v) is 5.59. The predicted octanol–water partition coefficient (Wildman–Crippen LogP) is 5.27. The van der Waals surface area contributed by atoms with E-state index in [4.69, 9.17) is 0 Å². The summed E-state index contributed by atoms with van der Waals surface area (Å²) in [6.45, 7) is 0. The number of carboxylic acids is 1. The molecule has 0 heterocycles. The Hall–Kier alpha value is -3.17. The molecule has 3 aromatic carbocycles. The van der Waals surface area contributed by atoms with E-state index in [9.17, 15) is 23.9 Å². The molecular formula is C22H16BrFN2O4S. The normalized spacial score (nSPS) is 10.4. The number of carboxylic acid groups (broad SMARTS) is 1. The van der Waals surface area contributed by atoms with E-state index in [1.165, 1.54) is 36.0 Å². The minimum absolute atomic E-state index is 0.0605. The molecule has 158 valence electrons. The second kappa shape index (κ2) is 10.2. The van der Waals surface area contributed by atoms with Gasteiger partial charge in [-0.3, -0.25) is 9.59 Å². The molecule has 0 aliphatic rings. The van der Waals surface area contributed by atoms with Gasteiger partial charge in [-0.1, -0.05) is 28.1 Å². The molecule has 31 heavy (non-hydrogen) atoms. The molecule has 3 aromatic rings. The van der Waals surface area contributed by atoms with E-state index in [0.29, 0.717) is 10.2 Å². The summed E-state index contributed by atoms with van der Waals surface area (Å²) in [6, 6.07) is 17.1. The highest BCUT2D eigenvalue weighted by atomic mass is 79.9. The molecule has 0 aliphatic heterocycles. The molecule has 0 radical (unpaired) electrons. The number of aromatic carboxylic acids is 1. The van der Waals surface area contributed by atoms with Crippen LogP contribution in [0.2, 0.25) is 0 Å². The van der Waals surface area contributed by atoms with E-state index in [1.54, 1.807) is 42.5 Å². The molecule has 0 aromatic heterocycles. The van der Waals surface area contributed by atoms with Crippen molar-refractivity contribution in [2.24, 2.45) is 0 Å². The number of rotatable bonds is 7. The standard InChI is InChI=1S/C22H16BrFN2O4S/c23-13-5-10-19(18(24)11-13)26-20(27)12-31-15-8-6-14(7-9-15)25-21(28)16-3-1-2-4-17(16)22(29)30/h1-11H,12H2,(H,25,28)(H,26,27)(H,29,30). The van der Waals surface area contributed by atoms with Crippen LogP contribution >= 0.6 is 27.7 Å². The SMILES string of the molecule is O=C(CSc1ccc(NC(=O)c2ccccc2C(=O)O)cc1)Nc1ccc(Br)cc1F. The van der Waals surface area contributed by atoms with Gasteiger partial charge in [0.05, 0.1) is 22.6 Å². The molecule has 3 rings (SSSR count). The zero-order valence-electron chi connectivity index (χ0n) is 15.9. The van der Waals surface area contributed by atoms with Crippen LogP contribution in [0.4, 0.5) is 15.8 Å². The number of benzene rings is 3. The molecule has 0 spiro atoms. The molecule has 9 heteroatoms. The monoisotopic (exact) mass is 502 g/mol. The van der Waals surface area contributed by atoms with Crippen molar-refractivity contribution in [1.82, 2.24) is 0 Å². The van der Waals surface area contributed by atoms with E-state index >= 15 is 0 Å². The highest BCUT2D eigenvalue weighted by molar-refractivity contribution is 9.10. The highest BCUT2D eigenvalue weighted by Crippen LogP contribution is 2.23. The van der Waals surface area contributed by atoms with Crippen LogP contribution in [0.3, 0.4) is 0 Å². The average Bonchev–Trinajstić information content (AvgIpc) is 2.75. The number of thioether (sulfide) groups is 1. The Kier molecular flexibility index (Phi) is 7.43. The van der Waals surface area contributed by atoms with Crippen LogP contribution in [0, 0.1) is 5.82 Å². The van der Waals surface area contributed by atoms with Crippen molar-refractivity contribution < 1.29 is 23.9 Å². The van der Waals surface area contributed by atoms with E-state index in [-0.39, 0.29) is 28.5 Å². The van der Waals surface area contributed by atoms with Crippen molar-refractivity contribution in [2.75, 3.05) is 16.4 Å². The van der Waals surface area contributed by atoms with Crippen LogP contribution in [-0.2, 0) is 4.79 Å². The highest BCUT2D eigenvalue weighted by Gasteiger charge is 2.16. The van der Waals surface area contributed by atoms with Gasteiger partial charge in [0.2, 0.25) is 5.91 Å². The first-order chi connectivity index (χ1) is 14.8. The first kappa shape index (κ1) is 22.5. The van der Waals surface area contributed by atoms with Crippen molar-refractivity contribution in [1.29, 1.82) is 0 Å². The van der Waals surface area contributed by atoms with E-state index in [1.807, 2.05) is 0 Å². The van der Waals surface area contributed by atoms with Crippen molar-refractivity contribution in [3.63, 3.8) is 0 Å². The average molecular weight is 503 g/mol. The zero-order valence-corrected chi connectivity index (χ0v) is 18.3. The van der Waals surface area contributed by atoms with Gasteiger partial charge in [-0.25, -0.2) is 9.18 Å².